The van der Waals surface area contributed by atoms with Crippen LogP contribution in [-0.2, 0) is 21.2 Å². The van der Waals surface area contributed by atoms with Gasteiger partial charge in [0.05, 0.1) is 37.1 Å². The minimum atomic E-state index is -3.70. The fourth-order valence-corrected chi connectivity index (χ4v) is 4.66. The van der Waals surface area contributed by atoms with E-state index in [9.17, 15) is 13.2 Å². The molecule has 8 nitrogen and oxygen atoms in total. The molecule has 3 rings (SSSR count). The largest absolute Gasteiger partial charge is 0.481 e. The Bertz CT molecular complexity index is 939. The number of sulfonamides is 1. The van der Waals surface area contributed by atoms with Crippen LogP contribution in [0, 0.1) is 0 Å². The highest BCUT2D eigenvalue weighted by molar-refractivity contribution is 7.89. The number of benzene rings is 1. The molecule has 2 heterocycles. The Labute approximate surface area is 164 Å². The van der Waals surface area contributed by atoms with Crippen molar-refractivity contribution < 1.29 is 22.7 Å². The van der Waals surface area contributed by atoms with Crippen LogP contribution in [0.1, 0.15) is 22.8 Å². The summed E-state index contributed by atoms with van der Waals surface area (Å²) in [6.45, 7) is 3.23. The molecule has 0 aliphatic carbocycles. The number of hydrogen-bond acceptors (Lipinski definition) is 6. The number of nitrogens with zero attached hydrogens (tertiary/aromatic N) is 2. The van der Waals surface area contributed by atoms with Gasteiger partial charge in [-0.05, 0) is 30.2 Å². The Morgan fingerprint density at radius 2 is 2.00 bits per heavy atom. The molecule has 9 heteroatoms. The lowest BCUT2D eigenvalue weighted by Crippen LogP contribution is -2.41. The molecule has 0 unspecified atom stereocenters. The van der Waals surface area contributed by atoms with Gasteiger partial charge in [0.25, 0.3) is 5.91 Å². The van der Waals surface area contributed by atoms with Gasteiger partial charge in [-0.25, -0.2) is 13.4 Å². The Morgan fingerprint density at radius 3 is 2.61 bits per heavy atom. The number of carbonyl (C=O) groups excluding carboxylic acids is 1. The molecule has 150 valence electrons. The highest BCUT2D eigenvalue weighted by Crippen LogP contribution is 2.24. The zero-order chi connectivity index (χ0) is 20.1. The number of morpholine rings is 1. The molecule has 0 bridgehead atoms. The first-order valence-corrected chi connectivity index (χ1v) is 10.4. The van der Waals surface area contributed by atoms with Crippen molar-refractivity contribution in [1.29, 1.82) is 0 Å². The topological polar surface area (TPSA) is 97.8 Å². The van der Waals surface area contributed by atoms with E-state index >= 15 is 0 Å². The standard InChI is InChI=1S/C19H23N3O5S/c1-3-14-4-5-15(19(23)21-16-6-7-18(26-2)20-13-16)12-17(14)28(24,25)22-8-10-27-11-9-22/h4-7,12-13H,3,8-11H2,1-2H3,(H,21,23). The third-order valence-corrected chi connectivity index (χ3v) is 6.48. The molecule has 0 saturated carbocycles. The SMILES string of the molecule is CCc1ccc(C(=O)Nc2ccc(OC)nc2)cc1S(=O)(=O)N1CCOCC1. The highest BCUT2D eigenvalue weighted by Gasteiger charge is 2.29. The predicted molar refractivity (Wildman–Crippen MR) is 104 cm³/mol. The van der Waals surface area contributed by atoms with E-state index in [4.69, 9.17) is 9.47 Å². The summed E-state index contributed by atoms with van der Waals surface area (Å²) >= 11 is 0. The number of aromatic nitrogens is 1. The first-order chi connectivity index (χ1) is 13.5. The van der Waals surface area contributed by atoms with Crippen molar-refractivity contribution in [1.82, 2.24) is 9.29 Å². The molecule has 1 saturated heterocycles. The van der Waals surface area contributed by atoms with E-state index in [1.807, 2.05) is 6.92 Å². The number of rotatable bonds is 6. The average molecular weight is 405 g/mol. The van der Waals surface area contributed by atoms with Crippen LogP contribution in [0.3, 0.4) is 0 Å². The number of methoxy groups -OCH3 is 1. The minimum absolute atomic E-state index is 0.164. The molecule has 28 heavy (non-hydrogen) atoms. The number of ether oxygens (including phenoxy) is 2. The summed E-state index contributed by atoms with van der Waals surface area (Å²) in [6, 6.07) is 8.05. The number of carbonyl (C=O) groups is 1. The van der Waals surface area contributed by atoms with Gasteiger partial charge in [0.15, 0.2) is 0 Å². The molecule has 1 N–H and O–H groups in total. The van der Waals surface area contributed by atoms with E-state index in [0.717, 1.165) is 0 Å². The molecular weight excluding hydrogens is 382 g/mol. The lowest BCUT2D eigenvalue weighted by atomic mass is 10.1. The lowest BCUT2D eigenvalue weighted by Gasteiger charge is -2.27. The van der Waals surface area contributed by atoms with Crippen molar-refractivity contribution in [2.75, 3.05) is 38.7 Å². The molecule has 1 amide bonds. The maximum absolute atomic E-state index is 13.1. The smallest absolute Gasteiger partial charge is 0.255 e. The molecule has 2 aromatic rings. The maximum Gasteiger partial charge on any atom is 0.255 e. The summed E-state index contributed by atoms with van der Waals surface area (Å²) in [5.41, 5.74) is 1.43. The van der Waals surface area contributed by atoms with E-state index in [1.54, 1.807) is 24.3 Å². The van der Waals surface area contributed by atoms with Crippen LogP contribution in [0.2, 0.25) is 0 Å². The summed E-state index contributed by atoms with van der Waals surface area (Å²) in [7, 11) is -2.19. The summed E-state index contributed by atoms with van der Waals surface area (Å²) in [5.74, 6) is 0.0252. The lowest BCUT2D eigenvalue weighted by molar-refractivity contribution is 0.0730. The van der Waals surface area contributed by atoms with Gasteiger partial charge in [-0.3, -0.25) is 4.79 Å². The Kier molecular flexibility index (Phi) is 6.28. The van der Waals surface area contributed by atoms with E-state index in [1.165, 1.54) is 23.7 Å². The summed E-state index contributed by atoms with van der Waals surface area (Å²) in [5, 5.41) is 2.72. The first kappa shape index (κ1) is 20.2. The van der Waals surface area contributed by atoms with Crippen LogP contribution in [-0.4, -0.2) is 57.0 Å². The van der Waals surface area contributed by atoms with Gasteiger partial charge >= 0.3 is 0 Å². The first-order valence-electron chi connectivity index (χ1n) is 8.98. The zero-order valence-corrected chi connectivity index (χ0v) is 16.7. The van der Waals surface area contributed by atoms with Crippen LogP contribution in [0.15, 0.2) is 41.4 Å². The minimum Gasteiger partial charge on any atom is -0.481 e. The van der Waals surface area contributed by atoms with Crippen LogP contribution in [0.5, 0.6) is 5.88 Å². The van der Waals surface area contributed by atoms with Gasteiger partial charge in [0, 0.05) is 24.7 Å². The zero-order valence-electron chi connectivity index (χ0n) is 15.8. The van der Waals surface area contributed by atoms with E-state index < -0.39 is 15.9 Å². The maximum atomic E-state index is 13.1. The number of pyridine rings is 1. The molecule has 1 fully saturated rings. The monoisotopic (exact) mass is 405 g/mol. The van der Waals surface area contributed by atoms with E-state index in [0.29, 0.717) is 49.9 Å². The van der Waals surface area contributed by atoms with Crippen molar-refractivity contribution >= 4 is 21.6 Å². The average Bonchev–Trinajstić information content (AvgIpc) is 2.74. The van der Waals surface area contributed by atoms with Crippen LogP contribution >= 0.6 is 0 Å². The normalized spacial score (nSPS) is 15.2. The molecule has 1 aliphatic heterocycles. The Balaban J connectivity index is 1.88. The Hall–Kier alpha value is -2.49. The molecule has 0 atom stereocenters. The summed E-state index contributed by atoms with van der Waals surface area (Å²) in [4.78, 5) is 16.8. The second-order valence-electron chi connectivity index (χ2n) is 6.24. The van der Waals surface area contributed by atoms with Crippen molar-refractivity contribution in [2.24, 2.45) is 0 Å². The summed E-state index contributed by atoms with van der Waals surface area (Å²) < 4.78 is 37.8. The molecule has 1 aliphatic rings. The number of anilines is 1. The molecule has 1 aromatic carbocycles. The van der Waals surface area contributed by atoms with E-state index in [-0.39, 0.29) is 10.5 Å². The second kappa shape index (κ2) is 8.68. The van der Waals surface area contributed by atoms with E-state index in [2.05, 4.69) is 10.3 Å². The number of nitrogens with one attached hydrogen (secondary N) is 1. The molecule has 1 aromatic heterocycles. The summed E-state index contributed by atoms with van der Waals surface area (Å²) in [6.07, 6.45) is 2.02. The Morgan fingerprint density at radius 1 is 1.25 bits per heavy atom. The van der Waals surface area contributed by atoms with Crippen LogP contribution < -0.4 is 10.1 Å². The van der Waals surface area contributed by atoms with Crippen molar-refractivity contribution in [3.63, 3.8) is 0 Å². The van der Waals surface area contributed by atoms with Gasteiger partial charge < -0.3 is 14.8 Å². The molecule has 0 spiro atoms. The number of hydrogen-bond donors (Lipinski definition) is 1. The van der Waals surface area contributed by atoms with Gasteiger partial charge in [0.1, 0.15) is 0 Å². The molecule has 0 radical (unpaired) electrons. The third kappa shape index (κ3) is 4.32. The molecular formula is C19H23N3O5S. The quantitative estimate of drug-likeness (QED) is 0.789. The van der Waals surface area contributed by atoms with Crippen molar-refractivity contribution in [3.05, 3.63) is 47.7 Å². The fourth-order valence-electron chi connectivity index (χ4n) is 2.93. The van der Waals surface area contributed by atoms with Crippen LogP contribution in [0.4, 0.5) is 5.69 Å². The predicted octanol–water partition coefficient (Wildman–Crippen LogP) is 1.93. The highest BCUT2D eigenvalue weighted by atomic mass is 32.2. The fraction of sp³-hybridized carbons (Fsp3) is 0.368. The van der Waals surface area contributed by atoms with Crippen molar-refractivity contribution in [2.45, 2.75) is 18.2 Å². The van der Waals surface area contributed by atoms with Crippen molar-refractivity contribution in [3.8, 4) is 5.88 Å². The van der Waals surface area contributed by atoms with Gasteiger partial charge in [0.2, 0.25) is 15.9 Å². The third-order valence-electron chi connectivity index (χ3n) is 4.50. The van der Waals surface area contributed by atoms with Gasteiger partial charge in [-0.1, -0.05) is 13.0 Å². The second-order valence-corrected chi connectivity index (χ2v) is 8.14. The number of aryl methyl sites for hydroxylation is 1. The number of amides is 1. The van der Waals surface area contributed by atoms with Gasteiger partial charge in [-0.15, -0.1) is 0 Å². The van der Waals surface area contributed by atoms with Gasteiger partial charge in [-0.2, -0.15) is 4.31 Å². The van der Waals surface area contributed by atoms with Crippen LogP contribution in [0.25, 0.3) is 0 Å².